The summed E-state index contributed by atoms with van der Waals surface area (Å²) >= 11 is 3.38. The molecule has 1 rings (SSSR count). The zero-order chi connectivity index (χ0) is 13.5. The molecule has 0 aromatic heterocycles. The fourth-order valence-corrected chi connectivity index (χ4v) is 1.56. The summed E-state index contributed by atoms with van der Waals surface area (Å²) in [6.45, 7) is 4.27. The Labute approximate surface area is 114 Å². The number of amides is 3. The first-order valence-corrected chi connectivity index (χ1v) is 6.40. The smallest absolute Gasteiger partial charge is 0.319 e. The molecule has 0 saturated carbocycles. The summed E-state index contributed by atoms with van der Waals surface area (Å²) in [5.74, 6) is -0.209. The number of nitrogens with one attached hydrogen (secondary N) is 3. The van der Waals surface area contributed by atoms with Crippen LogP contribution >= 0.6 is 15.9 Å². The lowest BCUT2D eigenvalue weighted by atomic mass is 10.2. The van der Waals surface area contributed by atoms with Crippen LogP contribution in [0.2, 0.25) is 0 Å². The van der Waals surface area contributed by atoms with Gasteiger partial charge in [0.2, 0.25) is 5.91 Å². The zero-order valence-electron chi connectivity index (χ0n) is 10.3. The number of carbonyl (C=O) groups is 2. The van der Waals surface area contributed by atoms with E-state index in [1.807, 2.05) is 26.0 Å². The van der Waals surface area contributed by atoms with Crippen molar-refractivity contribution in [3.8, 4) is 0 Å². The van der Waals surface area contributed by atoms with Gasteiger partial charge in [-0.05, 0) is 37.6 Å². The van der Waals surface area contributed by atoms with Crippen LogP contribution in [0.4, 0.5) is 10.5 Å². The number of benzene rings is 1. The largest absolute Gasteiger partial charge is 0.355 e. The number of carbonyl (C=O) groups excluding carboxylic acids is 2. The van der Waals surface area contributed by atoms with Crippen LogP contribution in [0.25, 0.3) is 0 Å². The van der Waals surface area contributed by atoms with Crippen molar-refractivity contribution in [1.29, 1.82) is 0 Å². The SMILES string of the molecule is CCNC(=O)CNC(=O)Nc1ccc(Br)c(C)c1. The third kappa shape index (κ3) is 4.75. The van der Waals surface area contributed by atoms with Crippen LogP contribution in [-0.4, -0.2) is 25.0 Å². The van der Waals surface area contributed by atoms with Gasteiger partial charge >= 0.3 is 6.03 Å². The van der Waals surface area contributed by atoms with Crippen LogP contribution in [0, 0.1) is 6.92 Å². The van der Waals surface area contributed by atoms with Gasteiger partial charge in [0.1, 0.15) is 0 Å². The molecule has 0 aliphatic carbocycles. The van der Waals surface area contributed by atoms with Crippen molar-refractivity contribution < 1.29 is 9.59 Å². The van der Waals surface area contributed by atoms with E-state index in [1.165, 1.54) is 0 Å². The van der Waals surface area contributed by atoms with Gasteiger partial charge in [0.05, 0.1) is 6.54 Å². The normalized spacial score (nSPS) is 9.72. The average molecular weight is 314 g/mol. The summed E-state index contributed by atoms with van der Waals surface area (Å²) < 4.78 is 0.982. The van der Waals surface area contributed by atoms with Gasteiger partial charge in [-0.2, -0.15) is 0 Å². The maximum absolute atomic E-state index is 11.5. The van der Waals surface area contributed by atoms with Crippen molar-refractivity contribution in [3.63, 3.8) is 0 Å². The molecule has 1 aromatic carbocycles. The van der Waals surface area contributed by atoms with E-state index in [4.69, 9.17) is 0 Å². The van der Waals surface area contributed by atoms with Crippen molar-refractivity contribution in [2.24, 2.45) is 0 Å². The molecule has 0 saturated heterocycles. The number of urea groups is 1. The Bertz CT molecular complexity index is 449. The summed E-state index contributed by atoms with van der Waals surface area (Å²) in [5, 5.41) is 7.73. The lowest BCUT2D eigenvalue weighted by molar-refractivity contribution is -0.119. The zero-order valence-corrected chi connectivity index (χ0v) is 11.9. The molecule has 18 heavy (non-hydrogen) atoms. The predicted octanol–water partition coefficient (Wildman–Crippen LogP) is 2.02. The van der Waals surface area contributed by atoms with Crippen LogP contribution in [0.5, 0.6) is 0 Å². The summed E-state index contributed by atoms with van der Waals surface area (Å²) in [6.07, 6.45) is 0. The fraction of sp³-hybridized carbons (Fsp3) is 0.333. The Hall–Kier alpha value is -1.56. The van der Waals surface area contributed by atoms with E-state index >= 15 is 0 Å². The van der Waals surface area contributed by atoms with Gasteiger partial charge < -0.3 is 16.0 Å². The molecule has 6 heteroatoms. The molecule has 3 amide bonds. The number of rotatable bonds is 4. The molecule has 98 valence electrons. The Morgan fingerprint density at radius 3 is 2.61 bits per heavy atom. The van der Waals surface area contributed by atoms with Crippen LogP contribution < -0.4 is 16.0 Å². The first-order valence-electron chi connectivity index (χ1n) is 5.60. The summed E-state index contributed by atoms with van der Waals surface area (Å²) in [7, 11) is 0. The summed E-state index contributed by atoms with van der Waals surface area (Å²) in [6, 6.07) is 5.08. The standard InChI is InChI=1S/C12H16BrN3O2/c1-3-14-11(17)7-15-12(18)16-9-4-5-10(13)8(2)6-9/h4-6H,3,7H2,1-2H3,(H,14,17)(H2,15,16,18). The molecule has 0 atom stereocenters. The first-order chi connectivity index (χ1) is 8.52. The molecule has 0 heterocycles. The summed E-state index contributed by atoms with van der Waals surface area (Å²) in [5.41, 5.74) is 1.71. The molecule has 1 aromatic rings. The highest BCUT2D eigenvalue weighted by Gasteiger charge is 2.05. The third-order valence-corrected chi connectivity index (χ3v) is 3.09. The molecule has 0 bridgehead atoms. The van der Waals surface area contributed by atoms with Gasteiger partial charge in [0.15, 0.2) is 0 Å². The van der Waals surface area contributed by atoms with Crippen molar-refractivity contribution >= 4 is 33.6 Å². The minimum absolute atomic E-state index is 0.0326. The van der Waals surface area contributed by atoms with Gasteiger partial charge in [0.25, 0.3) is 0 Å². The monoisotopic (exact) mass is 313 g/mol. The van der Waals surface area contributed by atoms with Crippen LogP contribution in [0.15, 0.2) is 22.7 Å². The maximum atomic E-state index is 11.5. The second kappa shape index (κ2) is 7.00. The van der Waals surface area contributed by atoms with Gasteiger partial charge in [0, 0.05) is 16.7 Å². The highest BCUT2D eigenvalue weighted by atomic mass is 79.9. The molecule has 0 unspecified atom stereocenters. The fourth-order valence-electron chi connectivity index (χ4n) is 1.32. The Kier molecular flexibility index (Phi) is 5.64. The van der Waals surface area contributed by atoms with Crippen molar-refractivity contribution in [2.45, 2.75) is 13.8 Å². The highest BCUT2D eigenvalue weighted by Crippen LogP contribution is 2.19. The minimum Gasteiger partial charge on any atom is -0.355 e. The Morgan fingerprint density at radius 1 is 1.28 bits per heavy atom. The van der Waals surface area contributed by atoms with Crippen molar-refractivity contribution in [3.05, 3.63) is 28.2 Å². The minimum atomic E-state index is -0.400. The Balaban J connectivity index is 2.44. The van der Waals surface area contributed by atoms with E-state index in [2.05, 4.69) is 31.9 Å². The first kappa shape index (κ1) is 14.5. The third-order valence-electron chi connectivity index (χ3n) is 2.20. The van der Waals surface area contributed by atoms with Crippen molar-refractivity contribution in [2.75, 3.05) is 18.4 Å². The van der Waals surface area contributed by atoms with Gasteiger partial charge in [-0.15, -0.1) is 0 Å². The van der Waals surface area contributed by atoms with Crippen LogP contribution in [0.3, 0.4) is 0 Å². The molecule has 0 radical (unpaired) electrons. The quantitative estimate of drug-likeness (QED) is 0.796. The molecular formula is C12H16BrN3O2. The number of aryl methyl sites for hydroxylation is 1. The molecule has 3 N–H and O–H groups in total. The topological polar surface area (TPSA) is 70.2 Å². The van der Waals surface area contributed by atoms with Gasteiger partial charge in [-0.3, -0.25) is 4.79 Å². The number of halogens is 1. The van der Waals surface area contributed by atoms with E-state index < -0.39 is 6.03 Å². The molecule has 0 aliphatic rings. The van der Waals surface area contributed by atoms with Crippen LogP contribution in [0.1, 0.15) is 12.5 Å². The van der Waals surface area contributed by atoms with E-state index in [9.17, 15) is 9.59 Å². The second-order valence-electron chi connectivity index (χ2n) is 3.73. The van der Waals surface area contributed by atoms with Gasteiger partial charge in [-0.1, -0.05) is 15.9 Å². The second-order valence-corrected chi connectivity index (χ2v) is 4.58. The molecule has 0 fully saturated rings. The molecule has 0 spiro atoms. The number of hydrogen-bond donors (Lipinski definition) is 3. The lowest BCUT2D eigenvalue weighted by Crippen LogP contribution is -2.38. The average Bonchev–Trinajstić information content (AvgIpc) is 2.32. The Morgan fingerprint density at radius 2 is 2.00 bits per heavy atom. The number of hydrogen-bond acceptors (Lipinski definition) is 2. The maximum Gasteiger partial charge on any atom is 0.319 e. The summed E-state index contributed by atoms with van der Waals surface area (Å²) in [4.78, 5) is 22.6. The van der Waals surface area contributed by atoms with E-state index in [1.54, 1.807) is 6.07 Å². The van der Waals surface area contributed by atoms with E-state index in [0.29, 0.717) is 12.2 Å². The highest BCUT2D eigenvalue weighted by molar-refractivity contribution is 9.10. The van der Waals surface area contributed by atoms with Gasteiger partial charge in [-0.25, -0.2) is 4.79 Å². The van der Waals surface area contributed by atoms with E-state index in [-0.39, 0.29) is 12.5 Å². The predicted molar refractivity (Wildman–Crippen MR) is 74.6 cm³/mol. The lowest BCUT2D eigenvalue weighted by Gasteiger charge is -2.08. The molecule has 5 nitrogen and oxygen atoms in total. The van der Waals surface area contributed by atoms with Crippen LogP contribution in [-0.2, 0) is 4.79 Å². The molecular weight excluding hydrogens is 298 g/mol. The van der Waals surface area contributed by atoms with E-state index in [0.717, 1.165) is 10.0 Å². The van der Waals surface area contributed by atoms with Crippen molar-refractivity contribution in [1.82, 2.24) is 10.6 Å². The number of likely N-dealkylation sites (N-methyl/N-ethyl adjacent to an activating group) is 1. The molecule has 0 aliphatic heterocycles. The number of anilines is 1.